The third-order valence-corrected chi connectivity index (χ3v) is 8.89. The summed E-state index contributed by atoms with van der Waals surface area (Å²) in [6.07, 6.45) is 6.85. The first-order valence-electron chi connectivity index (χ1n) is 14.6. The number of aromatic nitrogens is 3. The molecule has 3 aliphatic heterocycles. The van der Waals surface area contributed by atoms with Crippen LogP contribution in [0, 0.1) is 0 Å². The predicted octanol–water partition coefficient (Wildman–Crippen LogP) is 3.53. The molecule has 3 aromatic rings. The number of rotatable bonds is 9. The summed E-state index contributed by atoms with van der Waals surface area (Å²) < 4.78 is 2.27. The summed E-state index contributed by atoms with van der Waals surface area (Å²) in [6, 6.07) is 21.0. The molecule has 3 aliphatic rings. The molecule has 4 heterocycles. The van der Waals surface area contributed by atoms with E-state index < -0.39 is 0 Å². The number of likely N-dealkylation sites (tertiary alicyclic amines) is 2. The van der Waals surface area contributed by atoms with E-state index in [0.29, 0.717) is 6.04 Å². The predicted molar refractivity (Wildman–Crippen MR) is 152 cm³/mol. The van der Waals surface area contributed by atoms with Gasteiger partial charge in [0.25, 0.3) is 0 Å². The largest absolute Gasteiger partial charge is 0.312 e. The molecule has 0 spiro atoms. The van der Waals surface area contributed by atoms with Gasteiger partial charge in [-0.25, -0.2) is 0 Å². The van der Waals surface area contributed by atoms with Crippen molar-refractivity contribution in [2.75, 3.05) is 59.4 Å². The molecule has 202 valence electrons. The molecule has 7 nitrogen and oxygen atoms in total. The molecule has 0 aliphatic carbocycles. The van der Waals surface area contributed by atoms with Crippen molar-refractivity contribution in [3.8, 4) is 0 Å². The van der Waals surface area contributed by atoms with Gasteiger partial charge in [-0.05, 0) is 62.5 Å². The summed E-state index contributed by atoms with van der Waals surface area (Å²) in [5.74, 6) is 1.09. The Hall–Kier alpha value is -2.58. The van der Waals surface area contributed by atoms with Crippen molar-refractivity contribution in [2.45, 2.75) is 50.9 Å². The maximum absolute atomic E-state index is 4.72. The lowest BCUT2D eigenvalue weighted by Gasteiger charge is -2.32. The molecular formula is C31H43N7. The first-order valence-corrected chi connectivity index (χ1v) is 14.6. The zero-order valence-electron chi connectivity index (χ0n) is 23.0. The Morgan fingerprint density at radius 1 is 0.789 bits per heavy atom. The number of hydrogen-bond donors (Lipinski definition) is 0. The van der Waals surface area contributed by atoms with Crippen LogP contribution in [0.5, 0.6) is 0 Å². The molecule has 3 fully saturated rings. The lowest BCUT2D eigenvalue weighted by Crippen LogP contribution is -2.43. The second-order valence-electron chi connectivity index (χ2n) is 11.6. The first kappa shape index (κ1) is 25.7. The van der Waals surface area contributed by atoms with Crippen LogP contribution in [0.25, 0.3) is 0 Å². The van der Waals surface area contributed by atoms with Crippen molar-refractivity contribution >= 4 is 0 Å². The maximum Gasteiger partial charge on any atom is 0.150 e. The van der Waals surface area contributed by atoms with Gasteiger partial charge in [-0.3, -0.25) is 14.7 Å². The Balaban J connectivity index is 1.19. The fourth-order valence-electron chi connectivity index (χ4n) is 6.53. The first-order chi connectivity index (χ1) is 18.7. The molecule has 1 unspecified atom stereocenters. The van der Waals surface area contributed by atoms with Gasteiger partial charge < -0.3 is 9.47 Å². The van der Waals surface area contributed by atoms with Crippen LogP contribution in [0.1, 0.15) is 47.8 Å². The molecule has 3 saturated heterocycles. The average Bonchev–Trinajstić information content (AvgIpc) is 3.73. The monoisotopic (exact) mass is 513 g/mol. The van der Waals surface area contributed by atoms with E-state index in [2.05, 4.69) is 90.9 Å². The standard InChI is InChI=1S/C31H43N7/c1-34-17-19-35(20-18-34)22-28-11-9-26(10-12-28)21-30(37-16-13-29(24-37)36-14-5-6-15-36)31-33-32-25-38(31)23-27-7-3-2-4-8-27/h2-4,7-12,25,29-30H,5-6,13-24H2,1H3/t29-,30?/m0/s1. The summed E-state index contributed by atoms with van der Waals surface area (Å²) >= 11 is 0. The van der Waals surface area contributed by atoms with Crippen molar-refractivity contribution in [3.63, 3.8) is 0 Å². The second-order valence-corrected chi connectivity index (χ2v) is 11.6. The third-order valence-electron chi connectivity index (χ3n) is 8.89. The van der Waals surface area contributed by atoms with Gasteiger partial charge in [0.15, 0.2) is 5.82 Å². The summed E-state index contributed by atoms with van der Waals surface area (Å²) in [7, 11) is 2.22. The van der Waals surface area contributed by atoms with Gasteiger partial charge in [0.05, 0.1) is 12.6 Å². The van der Waals surface area contributed by atoms with E-state index in [4.69, 9.17) is 5.10 Å². The quantitative estimate of drug-likeness (QED) is 0.436. The SMILES string of the molecule is CN1CCN(Cc2ccc(CC(c3nncn3Cc3ccccc3)N3CC[C@H](N4CCCC4)C3)cc2)CC1. The van der Waals surface area contributed by atoms with Crippen LogP contribution in [0.2, 0.25) is 0 Å². The highest BCUT2D eigenvalue weighted by Crippen LogP contribution is 2.31. The molecular weight excluding hydrogens is 470 g/mol. The van der Waals surface area contributed by atoms with Crippen molar-refractivity contribution in [1.82, 2.24) is 34.4 Å². The van der Waals surface area contributed by atoms with Gasteiger partial charge in [-0.15, -0.1) is 10.2 Å². The topological polar surface area (TPSA) is 43.7 Å². The number of hydrogen-bond acceptors (Lipinski definition) is 6. The van der Waals surface area contributed by atoms with Crippen LogP contribution in [0.3, 0.4) is 0 Å². The van der Waals surface area contributed by atoms with Crippen molar-refractivity contribution < 1.29 is 0 Å². The molecule has 0 N–H and O–H groups in total. The van der Waals surface area contributed by atoms with Gasteiger partial charge >= 0.3 is 0 Å². The smallest absolute Gasteiger partial charge is 0.150 e. The van der Waals surface area contributed by atoms with Crippen LogP contribution < -0.4 is 0 Å². The van der Waals surface area contributed by atoms with E-state index in [1.807, 2.05) is 6.33 Å². The summed E-state index contributed by atoms with van der Waals surface area (Å²) in [6.45, 7) is 11.3. The molecule has 0 saturated carbocycles. The zero-order valence-corrected chi connectivity index (χ0v) is 23.0. The fourth-order valence-corrected chi connectivity index (χ4v) is 6.53. The summed E-state index contributed by atoms with van der Waals surface area (Å²) in [5, 5.41) is 9.12. The zero-order chi connectivity index (χ0) is 25.7. The highest BCUT2D eigenvalue weighted by Gasteiger charge is 2.35. The van der Waals surface area contributed by atoms with Crippen molar-refractivity contribution in [2.24, 2.45) is 0 Å². The van der Waals surface area contributed by atoms with E-state index in [0.717, 1.165) is 64.6 Å². The lowest BCUT2D eigenvalue weighted by molar-refractivity contribution is 0.148. The summed E-state index contributed by atoms with van der Waals surface area (Å²) in [4.78, 5) is 10.4. The van der Waals surface area contributed by atoms with Crippen LogP contribution in [0.4, 0.5) is 0 Å². The van der Waals surface area contributed by atoms with E-state index in [1.54, 1.807) is 0 Å². The minimum absolute atomic E-state index is 0.234. The van der Waals surface area contributed by atoms with Gasteiger partial charge in [0.2, 0.25) is 0 Å². The Morgan fingerprint density at radius 2 is 1.50 bits per heavy atom. The number of benzene rings is 2. The van der Waals surface area contributed by atoms with Crippen molar-refractivity contribution in [1.29, 1.82) is 0 Å². The van der Waals surface area contributed by atoms with E-state index in [9.17, 15) is 0 Å². The third kappa shape index (κ3) is 6.18. The maximum atomic E-state index is 4.72. The molecule has 0 bridgehead atoms. The molecule has 6 rings (SSSR count). The fraction of sp³-hybridized carbons (Fsp3) is 0.548. The minimum Gasteiger partial charge on any atom is -0.312 e. The number of likely N-dealkylation sites (N-methyl/N-ethyl adjacent to an activating group) is 1. The van der Waals surface area contributed by atoms with Crippen LogP contribution in [-0.4, -0.2) is 99.8 Å². The minimum atomic E-state index is 0.234. The van der Waals surface area contributed by atoms with Crippen LogP contribution >= 0.6 is 0 Å². The molecule has 0 amide bonds. The Bertz CT molecular complexity index is 1130. The highest BCUT2D eigenvalue weighted by atomic mass is 15.3. The van der Waals surface area contributed by atoms with E-state index in [1.165, 1.54) is 49.0 Å². The number of piperazine rings is 1. The van der Waals surface area contributed by atoms with E-state index >= 15 is 0 Å². The lowest BCUT2D eigenvalue weighted by atomic mass is 10.0. The Kier molecular flexibility index (Phi) is 8.16. The Morgan fingerprint density at radius 3 is 2.26 bits per heavy atom. The van der Waals surface area contributed by atoms with Gasteiger partial charge in [0, 0.05) is 51.9 Å². The van der Waals surface area contributed by atoms with Gasteiger partial charge in [-0.2, -0.15) is 0 Å². The van der Waals surface area contributed by atoms with Crippen LogP contribution in [-0.2, 0) is 19.5 Å². The molecule has 2 aromatic carbocycles. The average molecular weight is 514 g/mol. The van der Waals surface area contributed by atoms with E-state index in [-0.39, 0.29) is 6.04 Å². The van der Waals surface area contributed by atoms with Gasteiger partial charge in [0.1, 0.15) is 6.33 Å². The molecule has 7 heteroatoms. The molecule has 38 heavy (non-hydrogen) atoms. The molecule has 1 aromatic heterocycles. The highest BCUT2D eigenvalue weighted by molar-refractivity contribution is 5.25. The van der Waals surface area contributed by atoms with Gasteiger partial charge in [-0.1, -0.05) is 54.6 Å². The Labute approximate surface area is 228 Å². The van der Waals surface area contributed by atoms with Crippen molar-refractivity contribution in [3.05, 3.63) is 83.4 Å². The molecule has 2 atom stereocenters. The normalized spacial score (nSPS) is 22.8. The van der Waals surface area contributed by atoms with Crippen LogP contribution in [0.15, 0.2) is 60.9 Å². The number of nitrogens with zero attached hydrogens (tertiary/aromatic N) is 7. The molecule has 0 radical (unpaired) electrons. The summed E-state index contributed by atoms with van der Waals surface area (Å²) in [5.41, 5.74) is 4.09. The second kappa shape index (κ2) is 12.1.